The van der Waals surface area contributed by atoms with Crippen LogP contribution < -0.4 is 25.0 Å². The standard InChI is InChI=1S/C25H27N3O4/c1-18(29)26-20-9-14-24(32-3)23(15-20)27-25(30)17-28(16-19-7-5-4-6-8-19)21-10-12-22(31-2)13-11-21/h4-15H,16-17H2,1-3H3,(H,26,29)(H,27,30). The van der Waals surface area contributed by atoms with E-state index >= 15 is 0 Å². The molecule has 32 heavy (non-hydrogen) atoms. The van der Waals surface area contributed by atoms with Gasteiger partial charge in [-0.1, -0.05) is 30.3 Å². The highest BCUT2D eigenvalue weighted by Crippen LogP contribution is 2.28. The molecule has 166 valence electrons. The molecule has 0 saturated carbocycles. The Hall–Kier alpha value is -4.00. The van der Waals surface area contributed by atoms with Crippen LogP contribution in [0.25, 0.3) is 0 Å². The molecule has 0 aliphatic rings. The van der Waals surface area contributed by atoms with E-state index in [4.69, 9.17) is 9.47 Å². The van der Waals surface area contributed by atoms with E-state index in [-0.39, 0.29) is 18.4 Å². The van der Waals surface area contributed by atoms with Crippen LogP contribution in [-0.2, 0) is 16.1 Å². The van der Waals surface area contributed by atoms with Crippen molar-refractivity contribution in [2.45, 2.75) is 13.5 Å². The Kier molecular flexibility index (Phi) is 7.70. The van der Waals surface area contributed by atoms with Crippen molar-refractivity contribution < 1.29 is 19.1 Å². The van der Waals surface area contributed by atoms with Gasteiger partial charge in [0.05, 0.1) is 26.5 Å². The van der Waals surface area contributed by atoms with E-state index in [2.05, 4.69) is 10.6 Å². The van der Waals surface area contributed by atoms with Crippen molar-refractivity contribution in [2.75, 3.05) is 36.3 Å². The van der Waals surface area contributed by atoms with Gasteiger partial charge >= 0.3 is 0 Å². The summed E-state index contributed by atoms with van der Waals surface area (Å²) in [4.78, 5) is 26.3. The first-order valence-corrected chi connectivity index (χ1v) is 10.2. The number of ether oxygens (including phenoxy) is 2. The van der Waals surface area contributed by atoms with E-state index in [9.17, 15) is 9.59 Å². The van der Waals surface area contributed by atoms with Gasteiger partial charge in [-0.3, -0.25) is 9.59 Å². The molecular formula is C25H27N3O4. The number of amides is 2. The van der Waals surface area contributed by atoms with E-state index in [1.54, 1.807) is 25.3 Å². The van der Waals surface area contributed by atoms with Gasteiger partial charge in [0.2, 0.25) is 11.8 Å². The highest BCUT2D eigenvalue weighted by Gasteiger charge is 2.15. The topological polar surface area (TPSA) is 79.9 Å². The first kappa shape index (κ1) is 22.7. The normalized spacial score (nSPS) is 10.2. The second-order valence-electron chi connectivity index (χ2n) is 7.18. The third kappa shape index (κ3) is 6.25. The molecule has 0 saturated heterocycles. The SMILES string of the molecule is COc1ccc(N(CC(=O)Nc2cc(NC(C)=O)ccc2OC)Cc2ccccc2)cc1. The molecule has 0 heterocycles. The maximum atomic E-state index is 13.0. The lowest BCUT2D eigenvalue weighted by molar-refractivity contribution is -0.115. The molecule has 0 fully saturated rings. The van der Waals surface area contributed by atoms with Gasteiger partial charge in [-0.2, -0.15) is 0 Å². The Morgan fingerprint density at radius 1 is 0.875 bits per heavy atom. The summed E-state index contributed by atoms with van der Waals surface area (Å²) in [5, 5.41) is 5.61. The van der Waals surface area contributed by atoms with Gasteiger partial charge in [0, 0.05) is 24.8 Å². The molecule has 0 spiro atoms. The first-order chi connectivity index (χ1) is 15.5. The number of methoxy groups -OCH3 is 2. The number of nitrogens with zero attached hydrogens (tertiary/aromatic N) is 1. The minimum atomic E-state index is -0.213. The van der Waals surface area contributed by atoms with Crippen molar-refractivity contribution in [1.29, 1.82) is 0 Å². The summed E-state index contributed by atoms with van der Waals surface area (Å²) in [7, 11) is 3.15. The smallest absolute Gasteiger partial charge is 0.244 e. The van der Waals surface area contributed by atoms with Crippen LogP contribution in [0.1, 0.15) is 12.5 Å². The van der Waals surface area contributed by atoms with E-state index in [1.165, 1.54) is 14.0 Å². The summed E-state index contributed by atoms with van der Waals surface area (Å²) in [6.45, 7) is 2.11. The predicted molar refractivity (Wildman–Crippen MR) is 126 cm³/mol. The second-order valence-corrected chi connectivity index (χ2v) is 7.18. The fourth-order valence-electron chi connectivity index (χ4n) is 3.29. The molecule has 2 N–H and O–H groups in total. The number of anilines is 3. The molecule has 0 bridgehead atoms. The Morgan fingerprint density at radius 3 is 2.22 bits per heavy atom. The maximum absolute atomic E-state index is 13.0. The van der Waals surface area contributed by atoms with Gasteiger partial charge in [-0.15, -0.1) is 0 Å². The van der Waals surface area contributed by atoms with Crippen molar-refractivity contribution in [1.82, 2.24) is 0 Å². The third-order valence-corrected chi connectivity index (χ3v) is 4.78. The van der Waals surface area contributed by atoms with Crippen LogP contribution in [0.4, 0.5) is 17.1 Å². The van der Waals surface area contributed by atoms with Crippen molar-refractivity contribution >= 4 is 28.9 Å². The fraction of sp³-hybridized carbons (Fsp3) is 0.200. The van der Waals surface area contributed by atoms with E-state index in [0.29, 0.717) is 23.7 Å². The van der Waals surface area contributed by atoms with Crippen molar-refractivity contribution in [3.8, 4) is 11.5 Å². The molecule has 0 aliphatic heterocycles. The van der Waals surface area contributed by atoms with Crippen LogP contribution in [-0.4, -0.2) is 32.6 Å². The number of nitrogens with one attached hydrogen (secondary N) is 2. The number of hydrogen-bond donors (Lipinski definition) is 2. The van der Waals surface area contributed by atoms with Crippen LogP contribution in [0, 0.1) is 0 Å². The first-order valence-electron chi connectivity index (χ1n) is 10.2. The van der Waals surface area contributed by atoms with Crippen molar-refractivity contribution in [3.63, 3.8) is 0 Å². The Bertz CT molecular complexity index is 1050. The summed E-state index contributed by atoms with van der Waals surface area (Å²) in [6, 6.07) is 22.6. The zero-order valence-electron chi connectivity index (χ0n) is 18.4. The summed E-state index contributed by atoms with van der Waals surface area (Å²) in [5.74, 6) is 0.847. The van der Waals surface area contributed by atoms with Crippen molar-refractivity contribution in [2.24, 2.45) is 0 Å². The minimum absolute atomic E-state index is 0.120. The molecule has 0 aliphatic carbocycles. The molecule has 2 amide bonds. The van der Waals surface area contributed by atoms with Gasteiger partial charge in [0.1, 0.15) is 11.5 Å². The maximum Gasteiger partial charge on any atom is 0.244 e. The summed E-state index contributed by atoms with van der Waals surface area (Å²) >= 11 is 0. The van der Waals surface area contributed by atoms with Crippen LogP contribution in [0.15, 0.2) is 72.8 Å². The molecule has 7 nitrogen and oxygen atoms in total. The van der Waals surface area contributed by atoms with Crippen LogP contribution in [0.5, 0.6) is 11.5 Å². The molecular weight excluding hydrogens is 406 g/mol. The largest absolute Gasteiger partial charge is 0.497 e. The van der Waals surface area contributed by atoms with Gasteiger partial charge < -0.3 is 25.0 Å². The molecule has 0 atom stereocenters. The van der Waals surface area contributed by atoms with Crippen LogP contribution in [0.2, 0.25) is 0 Å². The highest BCUT2D eigenvalue weighted by molar-refractivity contribution is 5.97. The minimum Gasteiger partial charge on any atom is -0.497 e. The number of carbonyl (C=O) groups excluding carboxylic acids is 2. The average molecular weight is 434 g/mol. The van der Waals surface area contributed by atoms with Gasteiger partial charge in [0.25, 0.3) is 0 Å². The summed E-state index contributed by atoms with van der Waals surface area (Å²) < 4.78 is 10.6. The second kappa shape index (κ2) is 10.9. The van der Waals surface area contributed by atoms with Gasteiger partial charge in [-0.25, -0.2) is 0 Å². The van der Waals surface area contributed by atoms with Crippen LogP contribution >= 0.6 is 0 Å². The average Bonchev–Trinajstić information content (AvgIpc) is 2.79. The van der Waals surface area contributed by atoms with E-state index in [1.807, 2.05) is 59.5 Å². The number of hydrogen-bond acceptors (Lipinski definition) is 5. The molecule has 0 radical (unpaired) electrons. The zero-order valence-corrected chi connectivity index (χ0v) is 18.4. The van der Waals surface area contributed by atoms with E-state index in [0.717, 1.165) is 17.0 Å². The molecule has 0 aromatic heterocycles. The Morgan fingerprint density at radius 2 is 1.59 bits per heavy atom. The third-order valence-electron chi connectivity index (χ3n) is 4.78. The zero-order chi connectivity index (χ0) is 22.9. The summed E-state index contributed by atoms with van der Waals surface area (Å²) in [6.07, 6.45) is 0. The Balaban J connectivity index is 1.80. The monoisotopic (exact) mass is 433 g/mol. The molecule has 0 unspecified atom stereocenters. The Labute approximate surface area is 188 Å². The number of benzene rings is 3. The molecule has 3 aromatic rings. The van der Waals surface area contributed by atoms with Gasteiger partial charge in [-0.05, 0) is 48.0 Å². The van der Waals surface area contributed by atoms with Crippen molar-refractivity contribution in [3.05, 3.63) is 78.4 Å². The number of carbonyl (C=O) groups is 2. The molecule has 3 rings (SSSR count). The molecule has 7 heteroatoms. The lowest BCUT2D eigenvalue weighted by Crippen LogP contribution is -2.33. The molecule has 3 aromatic carbocycles. The lowest BCUT2D eigenvalue weighted by atomic mass is 10.2. The lowest BCUT2D eigenvalue weighted by Gasteiger charge is -2.25. The van der Waals surface area contributed by atoms with Crippen LogP contribution in [0.3, 0.4) is 0 Å². The fourth-order valence-corrected chi connectivity index (χ4v) is 3.29. The van der Waals surface area contributed by atoms with E-state index < -0.39 is 0 Å². The highest BCUT2D eigenvalue weighted by atomic mass is 16.5. The van der Waals surface area contributed by atoms with Gasteiger partial charge in [0.15, 0.2) is 0 Å². The quantitative estimate of drug-likeness (QED) is 0.526. The summed E-state index contributed by atoms with van der Waals surface area (Å²) in [5.41, 5.74) is 3.04. The number of rotatable bonds is 9. The predicted octanol–water partition coefficient (Wildman–Crippen LogP) is 4.31.